The van der Waals surface area contributed by atoms with Crippen molar-refractivity contribution in [3.63, 3.8) is 0 Å². The van der Waals surface area contributed by atoms with E-state index in [0.29, 0.717) is 10.8 Å². The number of rotatable bonds is 7. The van der Waals surface area contributed by atoms with Gasteiger partial charge in [-0.2, -0.15) is 0 Å². The lowest BCUT2D eigenvalue weighted by Gasteiger charge is -2.31. The molecule has 5 heteroatoms. The molecule has 0 aliphatic carbocycles. The van der Waals surface area contributed by atoms with Gasteiger partial charge in [0.2, 0.25) is 0 Å². The Morgan fingerprint density at radius 2 is 2.04 bits per heavy atom. The zero-order chi connectivity index (χ0) is 18.2. The Morgan fingerprint density at radius 1 is 1.32 bits per heavy atom. The lowest BCUT2D eigenvalue weighted by Crippen LogP contribution is -2.39. The average Bonchev–Trinajstić information content (AvgIpc) is 2.59. The number of carbonyl (C=O) groups is 1. The first-order valence-corrected chi connectivity index (χ1v) is 10.5. The molecule has 1 aromatic carbocycles. The monoisotopic (exact) mass is 367 g/mol. The van der Waals surface area contributed by atoms with Gasteiger partial charge in [0, 0.05) is 18.0 Å². The molecule has 0 bridgehead atoms. The number of amides is 1. The van der Waals surface area contributed by atoms with E-state index < -0.39 is 0 Å². The van der Waals surface area contributed by atoms with Crippen LogP contribution in [0.4, 0.5) is 9.18 Å². The van der Waals surface area contributed by atoms with Crippen molar-refractivity contribution in [3.8, 4) is 0 Å². The normalized spacial score (nSPS) is 15.6. The fraction of sp³-hybridized carbons (Fsp3) is 0.650. The fourth-order valence-corrected chi connectivity index (χ4v) is 3.77. The maximum absolute atomic E-state index is 13.8. The predicted molar refractivity (Wildman–Crippen MR) is 102 cm³/mol. The lowest BCUT2D eigenvalue weighted by atomic mass is 9.91. The summed E-state index contributed by atoms with van der Waals surface area (Å²) in [6, 6.07) is 5.58. The second-order valence-corrected chi connectivity index (χ2v) is 7.93. The Bertz CT molecular complexity index is 557. The van der Waals surface area contributed by atoms with E-state index in [1.807, 2.05) is 37.1 Å². The van der Waals surface area contributed by atoms with Gasteiger partial charge in [-0.25, -0.2) is 9.18 Å². The van der Waals surface area contributed by atoms with Gasteiger partial charge in [-0.15, -0.1) is 11.8 Å². The largest absolute Gasteiger partial charge is 0.447 e. The van der Waals surface area contributed by atoms with Gasteiger partial charge in [-0.3, -0.25) is 0 Å². The summed E-state index contributed by atoms with van der Waals surface area (Å²) in [5, 5.41) is 0. The van der Waals surface area contributed by atoms with Crippen molar-refractivity contribution in [2.45, 2.75) is 63.4 Å². The molecule has 2 rings (SSSR count). The van der Waals surface area contributed by atoms with Crippen LogP contribution in [-0.2, 0) is 11.2 Å². The highest BCUT2D eigenvalue weighted by Gasteiger charge is 2.23. The van der Waals surface area contributed by atoms with Crippen LogP contribution in [0.25, 0.3) is 0 Å². The first-order chi connectivity index (χ1) is 12.0. The van der Waals surface area contributed by atoms with Crippen molar-refractivity contribution in [1.29, 1.82) is 0 Å². The van der Waals surface area contributed by atoms with Crippen LogP contribution in [0.3, 0.4) is 0 Å². The van der Waals surface area contributed by atoms with Crippen LogP contribution in [0, 0.1) is 11.7 Å². The molecule has 1 aliphatic rings. The van der Waals surface area contributed by atoms with Crippen LogP contribution in [0.15, 0.2) is 23.1 Å². The number of halogens is 1. The van der Waals surface area contributed by atoms with Crippen LogP contribution in [0.5, 0.6) is 0 Å². The fourth-order valence-electron chi connectivity index (χ4n) is 3.31. The first-order valence-electron chi connectivity index (χ1n) is 9.27. The zero-order valence-electron chi connectivity index (χ0n) is 15.6. The standard InChI is InChI=1S/C20H30FNO2S/c1-15(2)24-20(23)22-12-10-16(11-13-22)6-4-5-7-17-8-9-19(25-3)18(21)14-17/h8-9,14-16H,4-7,10-13H2,1-3H3. The van der Waals surface area contributed by atoms with E-state index in [0.717, 1.165) is 50.8 Å². The molecular weight excluding hydrogens is 337 g/mol. The van der Waals surface area contributed by atoms with Gasteiger partial charge in [0.25, 0.3) is 0 Å². The maximum Gasteiger partial charge on any atom is 0.410 e. The summed E-state index contributed by atoms with van der Waals surface area (Å²) in [6.07, 6.45) is 8.16. The molecule has 1 saturated heterocycles. The number of hydrogen-bond donors (Lipinski definition) is 0. The van der Waals surface area contributed by atoms with Gasteiger partial charge < -0.3 is 9.64 Å². The van der Waals surface area contributed by atoms with E-state index in [1.165, 1.54) is 18.2 Å². The number of thioether (sulfide) groups is 1. The van der Waals surface area contributed by atoms with Gasteiger partial charge in [-0.1, -0.05) is 18.9 Å². The maximum atomic E-state index is 13.8. The molecule has 0 N–H and O–H groups in total. The Balaban J connectivity index is 1.63. The molecule has 1 heterocycles. The molecule has 1 fully saturated rings. The molecule has 0 radical (unpaired) electrons. The number of ether oxygens (including phenoxy) is 1. The summed E-state index contributed by atoms with van der Waals surface area (Å²) in [5.74, 6) is 0.587. The number of benzene rings is 1. The van der Waals surface area contributed by atoms with Gasteiger partial charge in [0.1, 0.15) is 5.82 Å². The summed E-state index contributed by atoms with van der Waals surface area (Å²) in [7, 11) is 0. The molecular formula is C20H30FNO2S. The van der Waals surface area contributed by atoms with Crippen LogP contribution in [-0.4, -0.2) is 36.4 Å². The number of carbonyl (C=O) groups excluding carboxylic acids is 1. The van der Waals surface area contributed by atoms with Gasteiger partial charge in [0.05, 0.1) is 6.10 Å². The molecule has 0 spiro atoms. The molecule has 1 aliphatic heterocycles. The van der Waals surface area contributed by atoms with Crippen molar-refractivity contribution in [2.24, 2.45) is 5.92 Å². The third-order valence-electron chi connectivity index (χ3n) is 4.75. The van der Waals surface area contributed by atoms with Crippen molar-refractivity contribution in [2.75, 3.05) is 19.3 Å². The lowest BCUT2D eigenvalue weighted by molar-refractivity contribution is 0.0646. The molecule has 0 aromatic heterocycles. The molecule has 0 saturated carbocycles. The molecule has 140 valence electrons. The highest BCUT2D eigenvalue weighted by Crippen LogP contribution is 2.24. The van der Waals surface area contributed by atoms with Gasteiger partial charge >= 0.3 is 6.09 Å². The van der Waals surface area contributed by atoms with Gasteiger partial charge in [0.15, 0.2) is 0 Å². The quantitative estimate of drug-likeness (QED) is 0.469. The SMILES string of the molecule is CSc1ccc(CCCCC2CCN(C(=O)OC(C)C)CC2)cc1F. The number of piperidine rings is 1. The molecule has 25 heavy (non-hydrogen) atoms. The predicted octanol–water partition coefficient (Wildman–Crippen LogP) is 5.52. The minimum absolute atomic E-state index is 0.0555. The smallest absolute Gasteiger partial charge is 0.410 e. The Labute approximate surface area is 155 Å². The average molecular weight is 368 g/mol. The van der Waals surface area contributed by atoms with Crippen molar-refractivity contribution in [3.05, 3.63) is 29.6 Å². The Kier molecular flexibility index (Phi) is 8.07. The number of hydrogen-bond acceptors (Lipinski definition) is 3. The van der Waals surface area contributed by atoms with Crippen LogP contribution < -0.4 is 0 Å². The number of likely N-dealkylation sites (tertiary alicyclic amines) is 1. The summed E-state index contributed by atoms with van der Waals surface area (Å²) in [4.78, 5) is 14.4. The summed E-state index contributed by atoms with van der Waals surface area (Å²) in [5.41, 5.74) is 1.08. The molecule has 0 atom stereocenters. The van der Waals surface area contributed by atoms with Crippen molar-refractivity contribution >= 4 is 17.9 Å². The van der Waals surface area contributed by atoms with E-state index in [1.54, 1.807) is 6.07 Å². The van der Waals surface area contributed by atoms with E-state index in [9.17, 15) is 9.18 Å². The minimum atomic E-state index is -0.177. The third kappa shape index (κ3) is 6.53. The second-order valence-electron chi connectivity index (χ2n) is 7.08. The highest BCUT2D eigenvalue weighted by atomic mass is 32.2. The minimum Gasteiger partial charge on any atom is -0.447 e. The molecule has 1 aromatic rings. The van der Waals surface area contributed by atoms with Gasteiger partial charge in [-0.05, 0) is 69.4 Å². The van der Waals surface area contributed by atoms with Crippen molar-refractivity contribution < 1.29 is 13.9 Å². The third-order valence-corrected chi connectivity index (χ3v) is 5.52. The van der Waals surface area contributed by atoms with Crippen LogP contribution >= 0.6 is 11.8 Å². The zero-order valence-corrected chi connectivity index (χ0v) is 16.4. The van der Waals surface area contributed by atoms with Crippen LogP contribution in [0.2, 0.25) is 0 Å². The van der Waals surface area contributed by atoms with E-state index in [2.05, 4.69) is 0 Å². The van der Waals surface area contributed by atoms with E-state index in [4.69, 9.17) is 4.74 Å². The van der Waals surface area contributed by atoms with E-state index >= 15 is 0 Å². The summed E-state index contributed by atoms with van der Waals surface area (Å²) >= 11 is 1.44. The Hall–Kier alpha value is -1.23. The first kappa shape index (κ1) is 20.1. The van der Waals surface area contributed by atoms with E-state index in [-0.39, 0.29) is 18.0 Å². The summed E-state index contributed by atoms with van der Waals surface area (Å²) < 4.78 is 19.0. The molecule has 0 unspecified atom stereocenters. The second kappa shape index (κ2) is 10.0. The molecule has 1 amide bonds. The van der Waals surface area contributed by atoms with Crippen molar-refractivity contribution in [1.82, 2.24) is 4.90 Å². The topological polar surface area (TPSA) is 29.5 Å². The number of aryl methyl sites for hydroxylation is 1. The number of unbranched alkanes of at least 4 members (excludes halogenated alkanes) is 1. The van der Waals surface area contributed by atoms with Crippen LogP contribution in [0.1, 0.15) is 51.5 Å². The molecule has 3 nitrogen and oxygen atoms in total. The summed E-state index contributed by atoms with van der Waals surface area (Å²) in [6.45, 7) is 5.37. The number of nitrogens with zero attached hydrogens (tertiary/aromatic N) is 1. The highest BCUT2D eigenvalue weighted by molar-refractivity contribution is 7.98. The Morgan fingerprint density at radius 3 is 2.64 bits per heavy atom.